The van der Waals surface area contributed by atoms with Crippen molar-refractivity contribution in [3.8, 4) is 12.3 Å². The first kappa shape index (κ1) is 51.6. The number of aromatic nitrogens is 3. The minimum absolute atomic E-state index is 0.0417. The largest absolute Gasteiger partial charge is 0.466 e. The predicted molar refractivity (Wildman–Crippen MR) is 202 cm³/mol. The van der Waals surface area contributed by atoms with Crippen LogP contribution in [0, 0.1) is 24.2 Å². The number of azide groups is 1. The van der Waals surface area contributed by atoms with Gasteiger partial charge in [-0.05, 0) is 38.1 Å². The van der Waals surface area contributed by atoms with Gasteiger partial charge in [0.05, 0.1) is 24.9 Å². The van der Waals surface area contributed by atoms with Gasteiger partial charge >= 0.3 is 11.9 Å². The molecule has 0 aliphatic rings. The highest BCUT2D eigenvalue weighted by molar-refractivity contribution is 5.86. The second kappa shape index (κ2) is 34.6. The van der Waals surface area contributed by atoms with Crippen LogP contribution in [0.25, 0.3) is 10.4 Å². The predicted octanol–water partition coefficient (Wildman–Crippen LogP) is 6.54. The summed E-state index contributed by atoms with van der Waals surface area (Å²) in [5.74, 6) is 2.54. The molecular weight excluding hydrogens is 652 g/mol. The van der Waals surface area contributed by atoms with Crippen molar-refractivity contribution in [1.82, 2.24) is 25.6 Å². The van der Waals surface area contributed by atoms with E-state index >= 15 is 0 Å². The fourth-order valence-electron chi connectivity index (χ4n) is 4.51. The third kappa shape index (κ3) is 34.4. The van der Waals surface area contributed by atoms with Crippen molar-refractivity contribution < 1.29 is 28.7 Å². The fourth-order valence-corrected chi connectivity index (χ4v) is 4.51. The van der Waals surface area contributed by atoms with Crippen LogP contribution < -0.4 is 10.6 Å². The third-order valence-electron chi connectivity index (χ3n) is 6.89. The molecule has 0 saturated carbocycles. The zero-order chi connectivity index (χ0) is 39.6. The molecule has 0 fully saturated rings. The first-order chi connectivity index (χ1) is 24.1. The van der Waals surface area contributed by atoms with E-state index in [4.69, 9.17) is 21.4 Å². The lowest BCUT2D eigenvalue weighted by Gasteiger charge is -2.21. The lowest BCUT2D eigenvalue weighted by Crippen LogP contribution is -2.42. The molecule has 2 N–H and O–H groups in total. The summed E-state index contributed by atoms with van der Waals surface area (Å²) in [5.41, 5.74) is 7.33. The molecule has 0 aliphatic carbocycles. The van der Waals surface area contributed by atoms with E-state index in [0.29, 0.717) is 25.5 Å². The maximum Gasteiger partial charge on any atom is 0.306 e. The number of hydrogen-bond donors (Lipinski definition) is 2. The maximum atomic E-state index is 12.1. The van der Waals surface area contributed by atoms with Gasteiger partial charge in [0.1, 0.15) is 0 Å². The van der Waals surface area contributed by atoms with Crippen LogP contribution in [-0.4, -0.2) is 82.9 Å². The van der Waals surface area contributed by atoms with E-state index < -0.39 is 0 Å². The Morgan fingerprint density at radius 2 is 1.25 bits per heavy atom. The SMILES string of the molecule is C#CCOC(=O)CCCCCC(NC(C)C)C(=O)C(C)C.CCOC(=O)CCCCCC(NC(C)C)C(=O)C(C)C.CN=[N+]=[N-].Cn1ccnn1. The number of aryl methyl sites for hydroxylation is 1. The number of esters is 2. The molecular formula is C37H68N8O6. The molecule has 1 aromatic heterocycles. The van der Waals surface area contributed by atoms with Crippen LogP contribution in [-0.2, 0) is 35.7 Å². The van der Waals surface area contributed by atoms with Crippen LogP contribution in [0.5, 0.6) is 0 Å². The van der Waals surface area contributed by atoms with Crippen molar-refractivity contribution in [3.05, 3.63) is 22.8 Å². The topological polar surface area (TPSA) is 190 Å². The van der Waals surface area contributed by atoms with Crippen LogP contribution in [0.1, 0.15) is 127 Å². The van der Waals surface area contributed by atoms with E-state index in [1.54, 1.807) is 17.1 Å². The molecule has 14 nitrogen and oxygen atoms in total. The van der Waals surface area contributed by atoms with Gasteiger partial charge in [-0.2, -0.15) is 0 Å². The molecule has 0 spiro atoms. The van der Waals surface area contributed by atoms with Gasteiger partial charge in [-0.15, -0.1) is 11.5 Å². The van der Waals surface area contributed by atoms with Crippen molar-refractivity contribution >= 4 is 23.5 Å². The van der Waals surface area contributed by atoms with Gasteiger partial charge in [-0.1, -0.05) is 97.3 Å². The Morgan fingerprint density at radius 3 is 1.53 bits per heavy atom. The van der Waals surface area contributed by atoms with Crippen LogP contribution in [0.4, 0.5) is 0 Å². The average molecular weight is 721 g/mol. The van der Waals surface area contributed by atoms with Gasteiger partial charge in [0, 0.05) is 62.0 Å². The van der Waals surface area contributed by atoms with Gasteiger partial charge in [-0.25, -0.2) is 0 Å². The van der Waals surface area contributed by atoms with Crippen LogP contribution in [0.3, 0.4) is 0 Å². The van der Waals surface area contributed by atoms with E-state index in [9.17, 15) is 19.2 Å². The highest BCUT2D eigenvalue weighted by Crippen LogP contribution is 2.13. The number of carbonyl (C=O) groups is 4. The van der Waals surface area contributed by atoms with E-state index in [1.807, 2.05) is 55.5 Å². The molecule has 1 aromatic rings. The zero-order valence-corrected chi connectivity index (χ0v) is 33.3. The molecule has 1 heterocycles. The number of terminal acetylenes is 1. The smallest absolute Gasteiger partial charge is 0.306 e. The Kier molecular flexibility index (Phi) is 35.0. The molecule has 14 heteroatoms. The molecule has 0 bridgehead atoms. The second-order valence-corrected chi connectivity index (χ2v) is 13.1. The number of nitrogens with one attached hydrogen (secondary N) is 2. The molecule has 292 valence electrons. The van der Waals surface area contributed by atoms with Crippen molar-refractivity contribution in [2.45, 2.75) is 151 Å². The van der Waals surface area contributed by atoms with Gasteiger partial charge < -0.3 is 20.1 Å². The lowest BCUT2D eigenvalue weighted by molar-refractivity contribution is -0.143. The molecule has 2 unspecified atom stereocenters. The van der Waals surface area contributed by atoms with Gasteiger partial charge in [0.2, 0.25) is 0 Å². The number of Topliss-reactive ketones (excluding diaryl/α,β-unsaturated/α-hetero) is 2. The van der Waals surface area contributed by atoms with E-state index in [2.05, 4.69) is 50.7 Å². The summed E-state index contributed by atoms with van der Waals surface area (Å²) >= 11 is 0. The minimum atomic E-state index is -0.247. The van der Waals surface area contributed by atoms with E-state index in [0.717, 1.165) is 51.4 Å². The molecule has 0 radical (unpaired) electrons. The summed E-state index contributed by atoms with van der Waals surface area (Å²) in [7, 11) is 3.22. The number of rotatable bonds is 22. The van der Waals surface area contributed by atoms with Gasteiger partial charge in [0.15, 0.2) is 18.2 Å². The number of ether oxygens (including phenoxy) is 2. The number of nitrogens with zero attached hydrogens (tertiary/aromatic N) is 6. The number of hydrogen-bond acceptors (Lipinski definition) is 11. The molecule has 1 rings (SSSR count). The Bertz CT molecular complexity index is 1130. The van der Waals surface area contributed by atoms with E-state index in [1.165, 1.54) is 7.05 Å². The highest BCUT2D eigenvalue weighted by Gasteiger charge is 2.22. The van der Waals surface area contributed by atoms with Gasteiger partial charge in [0.25, 0.3) is 0 Å². The number of unbranched alkanes of at least 4 members (excludes halogenated alkanes) is 4. The quantitative estimate of drug-likeness (QED) is 0.0332. The van der Waals surface area contributed by atoms with Crippen molar-refractivity contribution in [2.24, 2.45) is 24.0 Å². The average Bonchev–Trinajstić information content (AvgIpc) is 3.56. The normalized spacial score (nSPS) is 11.4. The Balaban J connectivity index is -0.000000709. The van der Waals surface area contributed by atoms with Crippen molar-refractivity contribution in [3.63, 3.8) is 0 Å². The van der Waals surface area contributed by atoms with Crippen molar-refractivity contribution in [2.75, 3.05) is 20.3 Å². The zero-order valence-electron chi connectivity index (χ0n) is 33.3. The molecule has 0 saturated heterocycles. The standard InChI is InChI=1S/C17H29NO3.C16H31NO3.C3H5N3.CH3N3/c1-6-12-21-16(19)11-9-7-8-10-15(18-14(4)5)17(20)13(2)3;1-6-20-15(18)11-9-7-8-10-14(17-13(4)5)16(19)12(2)3;1-6-3-2-4-5-6;1-3-4-2/h1,13-15,18H,7-12H2,2-5H3;12-14,17H,6-11H2,1-5H3;2-3H,1H3;1H3. The van der Waals surface area contributed by atoms with Crippen LogP contribution >= 0.6 is 0 Å². The van der Waals surface area contributed by atoms with Crippen LogP contribution in [0.15, 0.2) is 17.5 Å². The molecule has 0 amide bonds. The Morgan fingerprint density at radius 1 is 0.824 bits per heavy atom. The maximum absolute atomic E-state index is 12.1. The van der Waals surface area contributed by atoms with Crippen LogP contribution in [0.2, 0.25) is 0 Å². The molecule has 0 aliphatic heterocycles. The summed E-state index contributed by atoms with van der Waals surface area (Å²) in [5, 5.41) is 16.7. The first-order valence-electron chi connectivity index (χ1n) is 18.1. The summed E-state index contributed by atoms with van der Waals surface area (Å²) < 4.78 is 11.3. The summed E-state index contributed by atoms with van der Waals surface area (Å²) in [6.07, 6.45) is 16.3. The molecule has 51 heavy (non-hydrogen) atoms. The lowest BCUT2D eigenvalue weighted by atomic mass is 9.96. The molecule has 2 atom stereocenters. The second-order valence-electron chi connectivity index (χ2n) is 13.1. The molecule has 0 aromatic carbocycles. The Labute approximate surface area is 307 Å². The van der Waals surface area contributed by atoms with E-state index in [-0.39, 0.29) is 60.1 Å². The number of carbonyl (C=O) groups excluding carboxylic acids is 4. The fraction of sp³-hybridized carbons (Fsp3) is 0.784. The van der Waals surface area contributed by atoms with Crippen molar-refractivity contribution in [1.29, 1.82) is 0 Å². The monoisotopic (exact) mass is 721 g/mol. The number of ketones is 2. The summed E-state index contributed by atoms with van der Waals surface area (Å²) in [6, 6.07) is 0.453. The minimum Gasteiger partial charge on any atom is -0.466 e. The first-order valence-corrected chi connectivity index (χ1v) is 18.1. The summed E-state index contributed by atoms with van der Waals surface area (Å²) in [6.45, 7) is 18.3. The van der Waals surface area contributed by atoms with Gasteiger partial charge in [-0.3, -0.25) is 23.9 Å². The highest BCUT2D eigenvalue weighted by atomic mass is 16.5. The third-order valence-corrected chi connectivity index (χ3v) is 6.89. The Hall–Kier alpha value is -3.79. The summed E-state index contributed by atoms with van der Waals surface area (Å²) in [4.78, 5) is 49.0.